The lowest BCUT2D eigenvalue weighted by atomic mass is 10.2. The van der Waals surface area contributed by atoms with Crippen LogP contribution in [0.15, 0.2) is 43.7 Å². The second-order valence-corrected chi connectivity index (χ2v) is 7.26. The summed E-state index contributed by atoms with van der Waals surface area (Å²) in [6.07, 6.45) is -1.30. The summed E-state index contributed by atoms with van der Waals surface area (Å²) in [6, 6.07) is 2.40. The number of rotatable bonds is 4. The molecule has 6 N–H and O–H groups in total. The van der Waals surface area contributed by atoms with Gasteiger partial charge in [0.2, 0.25) is 0 Å². The Hall–Kier alpha value is -2.88. The molecule has 2 aromatic rings. The maximum atomic E-state index is 11.4. The molecule has 176 valence electrons. The molecule has 0 saturated carbocycles. The smallest absolute Gasteiger partial charge is 0.330 e. The molecule has 4 rings (SSSR count). The van der Waals surface area contributed by atoms with Crippen LogP contribution in [0.4, 0.5) is 0 Å². The van der Waals surface area contributed by atoms with Crippen LogP contribution in [0.1, 0.15) is 25.3 Å². The molecule has 14 heteroatoms. The Labute approximate surface area is 178 Å². The second kappa shape index (κ2) is 10.2. The second-order valence-electron chi connectivity index (χ2n) is 7.26. The summed E-state index contributed by atoms with van der Waals surface area (Å²) >= 11 is 0. The van der Waals surface area contributed by atoms with Gasteiger partial charge in [-0.2, -0.15) is 0 Å². The molecule has 2 saturated heterocycles. The van der Waals surface area contributed by atoms with Gasteiger partial charge in [-0.1, -0.05) is 0 Å². The molecule has 2 aliphatic heterocycles. The molecule has 2 aliphatic rings. The van der Waals surface area contributed by atoms with Gasteiger partial charge in [0.05, 0.1) is 25.4 Å². The van der Waals surface area contributed by atoms with E-state index in [9.17, 15) is 29.4 Å². The normalized spacial score (nSPS) is 29.5. The topological polar surface area (TPSA) is 209 Å². The van der Waals surface area contributed by atoms with Crippen LogP contribution in [0.2, 0.25) is 0 Å². The van der Waals surface area contributed by atoms with E-state index < -0.39 is 59.4 Å². The van der Waals surface area contributed by atoms with Crippen LogP contribution in [0, 0.1) is 0 Å². The van der Waals surface area contributed by atoms with E-state index in [0.717, 1.165) is 0 Å². The molecule has 2 unspecified atom stereocenters. The van der Waals surface area contributed by atoms with E-state index in [-0.39, 0.29) is 26.1 Å². The Morgan fingerprint density at radius 2 is 1.16 bits per heavy atom. The minimum atomic E-state index is -0.811. The van der Waals surface area contributed by atoms with E-state index in [1.807, 2.05) is 0 Å². The van der Waals surface area contributed by atoms with Crippen LogP contribution in [-0.2, 0) is 9.47 Å². The lowest BCUT2D eigenvalue weighted by Gasteiger charge is -2.13. The van der Waals surface area contributed by atoms with Gasteiger partial charge in [-0.25, -0.2) is 9.59 Å². The number of hydrogen-bond donors (Lipinski definition) is 6. The molecular formula is C18H24N4O10. The monoisotopic (exact) mass is 456 g/mol. The molecule has 0 aromatic carbocycles. The van der Waals surface area contributed by atoms with E-state index in [0.29, 0.717) is 0 Å². The van der Waals surface area contributed by atoms with Gasteiger partial charge >= 0.3 is 11.4 Å². The number of aromatic amines is 2. The third-order valence-corrected chi connectivity index (χ3v) is 5.09. The Balaban J connectivity index is 0.000000181. The van der Waals surface area contributed by atoms with Crippen molar-refractivity contribution >= 4 is 0 Å². The lowest BCUT2D eigenvalue weighted by Crippen LogP contribution is -2.31. The van der Waals surface area contributed by atoms with Gasteiger partial charge in [-0.05, 0) is 0 Å². The average molecular weight is 456 g/mol. The minimum Gasteiger partial charge on any atom is -0.394 e. The number of nitrogens with one attached hydrogen (secondary N) is 2. The zero-order valence-electron chi connectivity index (χ0n) is 16.7. The molecule has 0 spiro atoms. The van der Waals surface area contributed by atoms with Crippen molar-refractivity contribution in [2.24, 2.45) is 0 Å². The van der Waals surface area contributed by atoms with Crippen LogP contribution in [0.3, 0.4) is 0 Å². The first-order valence-electron chi connectivity index (χ1n) is 9.75. The standard InChI is InChI=1S/2C9H12N2O5/c2*12-4-6-5(13)3-8(16-6)11-2-1-7(14)10-9(11)15/h2*1-2,5-6,8,12-13H,3-4H2,(H,10,14,15)/t2*5-,6+,8?/m00/s1. The fourth-order valence-corrected chi connectivity index (χ4v) is 3.41. The predicted molar refractivity (Wildman–Crippen MR) is 106 cm³/mol. The Kier molecular flexibility index (Phi) is 7.55. The molecule has 0 bridgehead atoms. The van der Waals surface area contributed by atoms with Gasteiger partial charge in [-0.3, -0.25) is 28.7 Å². The van der Waals surface area contributed by atoms with Gasteiger partial charge in [0.15, 0.2) is 0 Å². The quantitative estimate of drug-likeness (QED) is 0.266. The molecule has 2 fully saturated rings. The highest BCUT2D eigenvalue weighted by atomic mass is 16.5. The zero-order chi connectivity index (χ0) is 23.4. The molecule has 0 aliphatic carbocycles. The summed E-state index contributed by atoms with van der Waals surface area (Å²) < 4.78 is 12.9. The van der Waals surface area contributed by atoms with Gasteiger partial charge < -0.3 is 29.9 Å². The molecule has 32 heavy (non-hydrogen) atoms. The molecular weight excluding hydrogens is 432 g/mol. The van der Waals surface area contributed by atoms with Crippen molar-refractivity contribution in [1.29, 1.82) is 0 Å². The summed E-state index contributed by atoms with van der Waals surface area (Å²) in [7, 11) is 0. The summed E-state index contributed by atoms with van der Waals surface area (Å²) in [5.41, 5.74) is -2.16. The summed E-state index contributed by atoms with van der Waals surface area (Å²) in [5.74, 6) is 0. The molecule has 2 aromatic heterocycles. The Morgan fingerprint density at radius 1 is 0.781 bits per heavy atom. The van der Waals surface area contributed by atoms with Crippen molar-refractivity contribution < 1.29 is 29.9 Å². The van der Waals surface area contributed by atoms with Crippen LogP contribution in [-0.4, -0.2) is 77.2 Å². The highest BCUT2D eigenvalue weighted by Gasteiger charge is 2.35. The maximum absolute atomic E-state index is 11.4. The van der Waals surface area contributed by atoms with Gasteiger partial charge in [0.25, 0.3) is 11.1 Å². The summed E-state index contributed by atoms with van der Waals surface area (Å²) in [4.78, 5) is 48.7. The van der Waals surface area contributed by atoms with E-state index >= 15 is 0 Å². The van der Waals surface area contributed by atoms with Crippen LogP contribution in [0.5, 0.6) is 0 Å². The van der Waals surface area contributed by atoms with Crippen molar-refractivity contribution in [1.82, 2.24) is 19.1 Å². The highest BCUT2D eigenvalue weighted by Crippen LogP contribution is 2.27. The summed E-state index contributed by atoms with van der Waals surface area (Å²) in [6.45, 7) is -0.620. The highest BCUT2D eigenvalue weighted by molar-refractivity contribution is 4.89. The molecule has 0 amide bonds. The third kappa shape index (κ3) is 5.29. The van der Waals surface area contributed by atoms with Gasteiger partial charge in [0, 0.05) is 37.4 Å². The van der Waals surface area contributed by atoms with E-state index in [1.165, 1.54) is 33.7 Å². The fourth-order valence-electron chi connectivity index (χ4n) is 3.41. The molecule has 6 atom stereocenters. The van der Waals surface area contributed by atoms with Crippen molar-refractivity contribution in [2.75, 3.05) is 13.2 Å². The van der Waals surface area contributed by atoms with Gasteiger partial charge in [-0.15, -0.1) is 0 Å². The zero-order valence-corrected chi connectivity index (χ0v) is 16.7. The number of H-pyrrole nitrogens is 2. The van der Waals surface area contributed by atoms with Crippen LogP contribution >= 0.6 is 0 Å². The number of aliphatic hydroxyl groups is 4. The third-order valence-electron chi connectivity index (χ3n) is 5.09. The first kappa shape index (κ1) is 23.8. The van der Waals surface area contributed by atoms with Crippen molar-refractivity contribution in [2.45, 2.75) is 49.7 Å². The van der Waals surface area contributed by atoms with E-state index in [4.69, 9.17) is 19.7 Å². The van der Waals surface area contributed by atoms with E-state index in [1.54, 1.807) is 0 Å². The largest absolute Gasteiger partial charge is 0.394 e. The number of nitrogens with zero attached hydrogens (tertiary/aromatic N) is 2. The average Bonchev–Trinajstić information content (AvgIpc) is 3.30. The predicted octanol–water partition coefficient (Wildman–Crippen LogP) is -3.65. The minimum absolute atomic E-state index is 0.206. The number of ether oxygens (including phenoxy) is 2. The number of aromatic nitrogens is 4. The van der Waals surface area contributed by atoms with E-state index in [2.05, 4.69) is 9.97 Å². The van der Waals surface area contributed by atoms with Gasteiger partial charge in [0.1, 0.15) is 24.7 Å². The molecule has 0 radical (unpaired) electrons. The fraction of sp³-hybridized carbons (Fsp3) is 0.556. The Bertz CT molecular complexity index is 1050. The van der Waals surface area contributed by atoms with Crippen molar-refractivity contribution in [3.63, 3.8) is 0 Å². The first-order valence-corrected chi connectivity index (χ1v) is 9.75. The lowest BCUT2D eigenvalue weighted by molar-refractivity contribution is -0.0459. The molecule has 4 heterocycles. The van der Waals surface area contributed by atoms with Crippen LogP contribution < -0.4 is 22.5 Å². The maximum Gasteiger partial charge on any atom is 0.330 e. The molecule has 14 nitrogen and oxygen atoms in total. The first-order chi connectivity index (χ1) is 15.2. The summed E-state index contributed by atoms with van der Waals surface area (Å²) in [5, 5.41) is 36.8. The number of hydrogen-bond acceptors (Lipinski definition) is 10. The van der Waals surface area contributed by atoms with Crippen LogP contribution in [0.25, 0.3) is 0 Å². The van der Waals surface area contributed by atoms with Crippen molar-refractivity contribution in [3.8, 4) is 0 Å². The Morgan fingerprint density at radius 3 is 1.44 bits per heavy atom. The SMILES string of the molecule is O=c1ccn(C2C[C@H](O)[C@@H](CO)O2)c(=O)[nH]1.O=c1ccn(C2C[C@H](O)[C@@H](CO)O2)c(=O)[nH]1. The number of aliphatic hydroxyl groups excluding tert-OH is 4. The van der Waals surface area contributed by atoms with Crippen molar-refractivity contribution in [3.05, 3.63) is 66.2 Å².